The van der Waals surface area contributed by atoms with Crippen molar-refractivity contribution >= 4 is 0 Å². The second-order valence-electron chi connectivity index (χ2n) is 3.66. The Labute approximate surface area is 75.9 Å². The molecule has 2 nitrogen and oxygen atoms in total. The number of rotatable bonds is 7. The average molecular weight is 171 g/mol. The normalized spacial score (nSPS) is 27.5. The van der Waals surface area contributed by atoms with Gasteiger partial charge in [-0.15, -0.1) is 0 Å². The minimum atomic E-state index is 0.848. The number of hydrogen-bond donors (Lipinski definition) is 0. The van der Waals surface area contributed by atoms with Crippen LogP contribution in [0.25, 0.3) is 0 Å². The highest BCUT2D eigenvalue weighted by Crippen LogP contribution is 2.15. The van der Waals surface area contributed by atoms with E-state index >= 15 is 0 Å². The van der Waals surface area contributed by atoms with Gasteiger partial charge in [-0.05, 0) is 19.8 Å². The molecule has 0 radical (unpaired) electrons. The molecule has 72 valence electrons. The molecule has 0 spiro atoms. The van der Waals surface area contributed by atoms with E-state index in [0.29, 0.717) is 0 Å². The van der Waals surface area contributed by atoms with Gasteiger partial charge in [0.2, 0.25) is 0 Å². The van der Waals surface area contributed by atoms with Gasteiger partial charge in [-0.25, -0.2) is 0 Å². The fourth-order valence-electron chi connectivity index (χ4n) is 1.32. The van der Waals surface area contributed by atoms with Crippen molar-refractivity contribution in [3.63, 3.8) is 0 Å². The first-order valence-electron chi connectivity index (χ1n) is 5.16. The average Bonchev–Trinajstić information content (AvgIpc) is 2.74. The zero-order valence-corrected chi connectivity index (χ0v) is 8.38. The fourth-order valence-corrected chi connectivity index (χ4v) is 1.32. The van der Waals surface area contributed by atoms with Crippen LogP contribution >= 0.6 is 0 Å². The van der Waals surface area contributed by atoms with Crippen molar-refractivity contribution in [3.05, 3.63) is 0 Å². The van der Waals surface area contributed by atoms with E-state index in [1.165, 1.54) is 32.4 Å². The van der Waals surface area contributed by atoms with Crippen LogP contribution < -0.4 is 0 Å². The van der Waals surface area contributed by atoms with Crippen LogP contribution in [0.4, 0.5) is 0 Å². The molecule has 1 fully saturated rings. The summed E-state index contributed by atoms with van der Waals surface area (Å²) in [7, 11) is 0. The Kier molecular flexibility index (Phi) is 4.62. The van der Waals surface area contributed by atoms with Gasteiger partial charge < -0.3 is 4.74 Å². The summed E-state index contributed by atoms with van der Waals surface area (Å²) in [6.07, 6.45) is 3.65. The molecule has 2 atom stereocenters. The van der Waals surface area contributed by atoms with Gasteiger partial charge in [-0.2, -0.15) is 0 Å². The van der Waals surface area contributed by atoms with Crippen LogP contribution in [0.1, 0.15) is 33.1 Å². The van der Waals surface area contributed by atoms with E-state index in [1.54, 1.807) is 0 Å². The Morgan fingerprint density at radius 2 is 2.00 bits per heavy atom. The third-order valence-corrected chi connectivity index (χ3v) is 2.36. The molecule has 0 N–H and O–H groups in total. The van der Waals surface area contributed by atoms with Crippen LogP contribution in [0.2, 0.25) is 0 Å². The van der Waals surface area contributed by atoms with Crippen molar-refractivity contribution < 1.29 is 4.74 Å². The zero-order valence-electron chi connectivity index (χ0n) is 8.38. The van der Waals surface area contributed by atoms with Gasteiger partial charge in [0.05, 0.1) is 0 Å². The molecule has 1 aliphatic heterocycles. The molecular formula is C10H21NO. The first-order chi connectivity index (χ1) is 5.84. The minimum Gasteiger partial charge on any atom is -0.381 e. The molecule has 1 saturated heterocycles. The smallest absolute Gasteiger partial charge is 0.0478 e. The number of nitrogens with zero attached hydrogens (tertiary/aromatic N) is 1. The van der Waals surface area contributed by atoms with Crippen LogP contribution in [0.5, 0.6) is 0 Å². The van der Waals surface area contributed by atoms with Gasteiger partial charge in [-0.3, -0.25) is 4.90 Å². The first-order valence-corrected chi connectivity index (χ1v) is 5.16. The summed E-state index contributed by atoms with van der Waals surface area (Å²) in [6.45, 7) is 8.90. The fraction of sp³-hybridized carbons (Fsp3) is 1.00. The van der Waals surface area contributed by atoms with Gasteiger partial charge >= 0.3 is 0 Å². The van der Waals surface area contributed by atoms with Gasteiger partial charge in [0.25, 0.3) is 0 Å². The van der Waals surface area contributed by atoms with Crippen molar-refractivity contribution in [1.82, 2.24) is 4.90 Å². The van der Waals surface area contributed by atoms with Crippen LogP contribution in [0, 0.1) is 0 Å². The molecular weight excluding hydrogens is 150 g/mol. The summed E-state index contributed by atoms with van der Waals surface area (Å²) in [5.41, 5.74) is 0. The molecule has 2 heteroatoms. The van der Waals surface area contributed by atoms with Crippen molar-refractivity contribution in [3.8, 4) is 0 Å². The molecule has 0 aromatic heterocycles. The summed E-state index contributed by atoms with van der Waals surface area (Å²) < 4.78 is 5.46. The van der Waals surface area contributed by atoms with E-state index in [2.05, 4.69) is 18.7 Å². The largest absolute Gasteiger partial charge is 0.381 e. The SMILES string of the molecule is CCCCOCCCN1CC1C. The summed E-state index contributed by atoms with van der Waals surface area (Å²) >= 11 is 0. The molecule has 0 aromatic carbocycles. The lowest BCUT2D eigenvalue weighted by Crippen LogP contribution is -2.06. The van der Waals surface area contributed by atoms with Crippen LogP contribution in [0.3, 0.4) is 0 Å². The van der Waals surface area contributed by atoms with Crippen molar-refractivity contribution in [2.24, 2.45) is 0 Å². The third-order valence-electron chi connectivity index (χ3n) is 2.36. The molecule has 0 saturated carbocycles. The van der Waals surface area contributed by atoms with E-state index in [1.807, 2.05) is 0 Å². The maximum Gasteiger partial charge on any atom is 0.0478 e. The van der Waals surface area contributed by atoms with E-state index in [0.717, 1.165) is 19.3 Å². The molecule has 0 amide bonds. The standard InChI is InChI=1S/C10H21NO/c1-3-4-7-12-8-5-6-11-9-10(11)2/h10H,3-9H2,1-2H3. The third kappa shape index (κ3) is 4.07. The van der Waals surface area contributed by atoms with E-state index in [-0.39, 0.29) is 0 Å². The lowest BCUT2D eigenvalue weighted by molar-refractivity contribution is 0.126. The first kappa shape index (κ1) is 10.0. The maximum absolute atomic E-state index is 5.46. The molecule has 2 unspecified atom stereocenters. The monoisotopic (exact) mass is 171 g/mol. The molecule has 0 aliphatic carbocycles. The summed E-state index contributed by atoms with van der Waals surface area (Å²) in [6, 6.07) is 0.848. The van der Waals surface area contributed by atoms with Gasteiger partial charge in [0.15, 0.2) is 0 Å². The van der Waals surface area contributed by atoms with Crippen molar-refractivity contribution in [2.75, 3.05) is 26.3 Å². The topological polar surface area (TPSA) is 12.2 Å². The second-order valence-corrected chi connectivity index (χ2v) is 3.66. The molecule has 12 heavy (non-hydrogen) atoms. The summed E-state index contributed by atoms with van der Waals surface area (Å²) in [5.74, 6) is 0. The Balaban J connectivity index is 1.72. The summed E-state index contributed by atoms with van der Waals surface area (Å²) in [5, 5.41) is 0. The Morgan fingerprint density at radius 3 is 2.58 bits per heavy atom. The van der Waals surface area contributed by atoms with Crippen molar-refractivity contribution in [2.45, 2.75) is 39.2 Å². The highest BCUT2D eigenvalue weighted by Gasteiger charge is 2.27. The highest BCUT2D eigenvalue weighted by molar-refractivity contribution is 4.83. The Hall–Kier alpha value is -0.0800. The Morgan fingerprint density at radius 1 is 1.33 bits per heavy atom. The second kappa shape index (κ2) is 5.55. The number of hydrogen-bond acceptors (Lipinski definition) is 2. The quantitative estimate of drug-likeness (QED) is 0.428. The molecule has 1 aliphatic rings. The molecule has 0 bridgehead atoms. The number of unbranched alkanes of at least 4 members (excludes halogenated alkanes) is 1. The zero-order chi connectivity index (χ0) is 8.81. The predicted octanol–water partition coefficient (Wildman–Crippen LogP) is 1.90. The van der Waals surface area contributed by atoms with Crippen LogP contribution in [0.15, 0.2) is 0 Å². The predicted molar refractivity (Wildman–Crippen MR) is 51.4 cm³/mol. The molecule has 1 rings (SSSR count). The highest BCUT2D eigenvalue weighted by atomic mass is 16.5. The number of ether oxygens (including phenoxy) is 1. The van der Waals surface area contributed by atoms with Gasteiger partial charge in [-0.1, -0.05) is 13.3 Å². The van der Waals surface area contributed by atoms with Crippen LogP contribution in [-0.2, 0) is 4.74 Å². The van der Waals surface area contributed by atoms with E-state index < -0.39 is 0 Å². The minimum absolute atomic E-state index is 0.848. The summed E-state index contributed by atoms with van der Waals surface area (Å²) in [4.78, 5) is 2.48. The molecule has 0 aromatic rings. The van der Waals surface area contributed by atoms with Gasteiger partial charge in [0.1, 0.15) is 0 Å². The maximum atomic E-state index is 5.46. The Bertz CT molecular complexity index is 116. The van der Waals surface area contributed by atoms with E-state index in [9.17, 15) is 0 Å². The lowest BCUT2D eigenvalue weighted by Gasteiger charge is -2.03. The molecule has 1 heterocycles. The van der Waals surface area contributed by atoms with Gasteiger partial charge in [0, 0.05) is 32.3 Å². The lowest BCUT2D eigenvalue weighted by atomic mass is 10.4. The van der Waals surface area contributed by atoms with Crippen molar-refractivity contribution in [1.29, 1.82) is 0 Å². The van der Waals surface area contributed by atoms with E-state index in [4.69, 9.17) is 4.74 Å². The van der Waals surface area contributed by atoms with Crippen LogP contribution in [-0.4, -0.2) is 37.2 Å².